The molecule has 0 spiro atoms. The van der Waals surface area contributed by atoms with E-state index in [9.17, 15) is 9.18 Å². The maximum Gasteiger partial charge on any atom is 0.275 e. The number of aromatic nitrogens is 2. The third-order valence-corrected chi connectivity index (χ3v) is 2.11. The monoisotopic (exact) mass is 251 g/mol. The van der Waals surface area contributed by atoms with E-state index in [1.54, 1.807) is 12.1 Å². The standard InChI is InChI=1S/C11H7ClFN3O/c12-8-4-1-3-7(14-8)11(17)16-10-6-2-5-9(13)15-10/h1-6H,(H,15,16,17). The van der Waals surface area contributed by atoms with E-state index in [-0.39, 0.29) is 16.7 Å². The molecule has 6 heteroatoms. The minimum Gasteiger partial charge on any atom is -0.305 e. The Balaban J connectivity index is 2.17. The molecule has 0 aliphatic rings. The Morgan fingerprint density at radius 2 is 1.94 bits per heavy atom. The number of hydrogen-bond acceptors (Lipinski definition) is 3. The molecule has 0 fully saturated rings. The van der Waals surface area contributed by atoms with E-state index in [0.29, 0.717) is 0 Å². The van der Waals surface area contributed by atoms with Crippen molar-refractivity contribution >= 4 is 23.3 Å². The summed E-state index contributed by atoms with van der Waals surface area (Å²) in [6.07, 6.45) is 0. The normalized spacial score (nSPS) is 10.0. The number of nitrogens with zero attached hydrogens (tertiary/aromatic N) is 2. The summed E-state index contributed by atoms with van der Waals surface area (Å²) in [6, 6.07) is 8.77. The van der Waals surface area contributed by atoms with Crippen LogP contribution in [0.3, 0.4) is 0 Å². The fourth-order valence-corrected chi connectivity index (χ4v) is 1.36. The van der Waals surface area contributed by atoms with Crippen molar-refractivity contribution in [2.75, 3.05) is 5.32 Å². The lowest BCUT2D eigenvalue weighted by Crippen LogP contribution is -2.14. The van der Waals surface area contributed by atoms with Crippen LogP contribution in [0, 0.1) is 5.95 Å². The Labute approximate surface area is 101 Å². The van der Waals surface area contributed by atoms with Crippen LogP contribution in [0.4, 0.5) is 10.2 Å². The van der Waals surface area contributed by atoms with Gasteiger partial charge in [-0.25, -0.2) is 9.97 Å². The molecule has 0 bridgehead atoms. The van der Waals surface area contributed by atoms with Gasteiger partial charge in [-0.05, 0) is 24.3 Å². The summed E-state index contributed by atoms with van der Waals surface area (Å²) in [7, 11) is 0. The summed E-state index contributed by atoms with van der Waals surface area (Å²) >= 11 is 5.65. The molecule has 0 aliphatic heterocycles. The van der Waals surface area contributed by atoms with Gasteiger partial charge in [0.2, 0.25) is 5.95 Å². The van der Waals surface area contributed by atoms with Gasteiger partial charge in [0.25, 0.3) is 5.91 Å². The minimum absolute atomic E-state index is 0.122. The molecule has 17 heavy (non-hydrogen) atoms. The smallest absolute Gasteiger partial charge is 0.275 e. The average Bonchev–Trinajstić information content (AvgIpc) is 2.29. The SMILES string of the molecule is O=C(Nc1cccc(F)n1)c1cccc(Cl)n1. The topological polar surface area (TPSA) is 54.9 Å². The summed E-state index contributed by atoms with van der Waals surface area (Å²) in [5.74, 6) is -1.04. The first-order valence-electron chi connectivity index (χ1n) is 4.71. The summed E-state index contributed by atoms with van der Waals surface area (Å²) in [6.45, 7) is 0. The van der Waals surface area contributed by atoms with Gasteiger partial charge in [0, 0.05) is 0 Å². The number of carbonyl (C=O) groups excluding carboxylic acids is 1. The van der Waals surface area contributed by atoms with Crippen LogP contribution in [0.25, 0.3) is 0 Å². The second-order valence-corrected chi connectivity index (χ2v) is 3.53. The lowest BCUT2D eigenvalue weighted by molar-refractivity contribution is 0.102. The molecule has 0 atom stereocenters. The van der Waals surface area contributed by atoms with Gasteiger partial charge in [-0.15, -0.1) is 0 Å². The van der Waals surface area contributed by atoms with Gasteiger partial charge < -0.3 is 5.32 Å². The number of nitrogens with one attached hydrogen (secondary N) is 1. The maximum atomic E-state index is 12.8. The molecule has 1 amide bonds. The van der Waals surface area contributed by atoms with Crippen molar-refractivity contribution in [1.29, 1.82) is 0 Å². The van der Waals surface area contributed by atoms with Crippen molar-refractivity contribution < 1.29 is 9.18 Å². The summed E-state index contributed by atoms with van der Waals surface area (Å²) in [4.78, 5) is 19.0. The van der Waals surface area contributed by atoms with Gasteiger partial charge in [-0.2, -0.15) is 4.39 Å². The second kappa shape index (κ2) is 4.88. The molecule has 86 valence electrons. The molecule has 0 radical (unpaired) electrons. The fourth-order valence-electron chi connectivity index (χ4n) is 1.19. The van der Waals surface area contributed by atoms with Gasteiger partial charge in [0.1, 0.15) is 16.7 Å². The molecule has 2 heterocycles. The predicted molar refractivity (Wildman–Crippen MR) is 61.4 cm³/mol. The van der Waals surface area contributed by atoms with Gasteiger partial charge in [-0.3, -0.25) is 4.79 Å². The summed E-state index contributed by atoms with van der Waals surface area (Å²) < 4.78 is 12.8. The van der Waals surface area contributed by atoms with E-state index in [2.05, 4.69) is 15.3 Å². The Morgan fingerprint density at radius 1 is 1.18 bits per heavy atom. The minimum atomic E-state index is -0.665. The summed E-state index contributed by atoms with van der Waals surface area (Å²) in [5.41, 5.74) is 0.142. The molecule has 0 saturated heterocycles. The van der Waals surface area contributed by atoms with Gasteiger partial charge in [-0.1, -0.05) is 23.7 Å². The third kappa shape index (κ3) is 2.98. The first kappa shape index (κ1) is 11.5. The average molecular weight is 252 g/mol. The molecular formula is C11H7ClFN3O. The molecule has 0 aliphatic carbocycles. The van der Waals surface area contributed by atoms with E-state index in [1.165, 1.54) is 24.3 Å². The fraction of sp³-hybridized carbons (Fsp3) is 0. The lowest BCUT2D eigenvalue weighted by atomic mass is 10.3. The van der Waals surface area contributed by atoms with Gasteiger partial charge in [0.05, 0.1) is 0 Å². The Hall–Kier alpha value is -2.01. The number of amides is 1. The third-order valence-electron chi connectivity index (χ3n) is 1.90. The summed E-state index contributed by atoms with van der Waals surface area (Å²) in [5, 5.41) is 2.63. The van der Waals surface area contributed by atoms with E-state index >= 15 is 0 Å². The molecule has 2 aromatic rings. The van der Waals surface area contributed by atoms with Crippen molar-refractivity contribution in [1.82, 2.24) is 9.97 Å². The highest BCUT2D eigenvalue weighted by Crippen LogP contribution is 2.08. The number of carbonyl (C=O) groups is 1. The van der Waals surface area contributed by atoms with Crippen molar-refractivity contribution in [2.24, 2.45) is 0 Å². The lowest BCUT2D eigenvalue weighted by Gasteiger charge is -2.03. The van der Waals surface area contributed by atoms with Crippen LogP contribution in [0.5, 0.6) is 0 Å². The maximum absolute atomic E-state index is 12.8. The number of pyridine rings is 2. The first-order valence-corrected chi connectivity index (χ1v) is 5.09. The second-order valence-electron chi connectivity index (χ2n) is 3.15. The largest absolute Gasteiger partial charge is 0.305 e. The first-order chi connectivity index (χ1) is 8.15. The van der Waals surface area contributed by atoms with Crippen molar-refractivity contribution in [2.45, 2.75) is 0 Å². The van der Waals surface area contributed by atoms with Crippen LogP contribution < -0.4 is 5.32 Å². The molecule has 0 saturated carbocycles. The highest BCUT2D eigenvalue weighted by molar-refractivity contribution is 6.29. The molecule has 4 nitrogen and oxygen atoms in total. The molecule has 0 aromatic carbocycles. The quantitative estimate of drug-likeness (QED) is 0.835. The molecular weight excluding hydrogens is 245 g/mol. The molecule has 0 unspecified atom stereocenters. The van der Waals surface area contributed by atoms with Crippen molar-refractivity contribution in [3.05, 3.63) is 53.2 Å². The van der Waals surface area contributed by atoms with Gasteiger partial charge >= 0.3 is 0 Å². The number of anilines is 1. The Kier molecular flexibility index (Phi) is 3.30. The number of halogens is 2. The predicted octanol–water partition coefficient (Wildman–Crippen LogP) is 2.52. The van der Waals surface area contributed by atoms with E-state index < -0.39 is 11.9 Å². The van der Waals surface area contributed by atoms with Crippen LogP contribution in [-0.4, -0.2) is 15.9 Å². The van der Waals surface area contributed by atoms with Crippen LogP contribution >= 0.6 is 11.6 Å². The highest BCUT2D eigenvalue weighted by atomic mass is 35.5. The van der Waals surface area contributed by atoms with Crippen LogP contribution in [0.15, 0.2) is 36.4 Å². The zero-order chi connectivity index (χ0) is 12.3. The molecule has 1 N–H and O–H groups in total. The van der Waals surface area contributed by atoms with Crippen LogP contribution in [-0.2, 0) is 0 Å². The van der Waals surface area contributed by atoms with E-state index in [1.807, 2.05) is 0 Å². The van der Waals surface area contributed by atoms with E-state index in [4.69, 9.17) is 11.6 Å². The zero-order valence-corrected chi connectivity index (χ0v) is 9.28. The molecule has 2 aromatic heterocycles. The Bertz CT molecular complexity index is 562. The highest BCUT2D eigenvalue weighted by Gasteiger charge is 2.08. The molecule has 2 rings (SSSR count). The Morgan fingerprint density at radius 3 is 2.65 bits per heavy atom. The van der Waals surface area contributed by atoms with Crippen molar-refractivity contribution in [3.63, 3.8) is 0 Å². The van der Waals surface area contributed by atoms with E-state index in [0.717, 1.165) is 0 Å². The van der Waals surface area contributed by atoms with Crippen LogP contribution in [0.1, 0.15) is 10.5 Å². The number of rotatable bonds is 2. The zero-order valence-electron chi connectivity index (χ0n) is 8.52. The number of hydrogen-bond donors (Lipinski definition) is 1. The van der Waals surface area contributed by atoms with Crippen molar-refractivity contribution in [3.8, 4) is 0 Å². The van der Waals surface area contributed by atoms with Gasteiger partial charge in [0.15, 0.2) is 0 Å². The van der Waals surface area contributed by atoms with Crippen LogP contribution in [0.2, 0.25) is 5.15 Å².